The fourth-order valence-electron chi connectivity index (χ4n) is 1.44. The maximum absolute atomic E-state index is 9.76. The van der Waals surface area contributed by atoms with Gasteiger partial charge in [-0.2, -0.15) is 0 Å². The number of carboxylic acids is 1. The Kier molecular flexibility index (Phi) is 14.0. The second-order valence-corrected chi connectivity index (χ2v) is 4.67. The third-order valence-electron chi connectivity index (χ3n) is 2.57. The number of rotatable bonds is 6. The van der Waals surface area contributed by atoms with E-state index in [1.54, 1.807) is 0 Å². The van der Waals surface area contributed by atoms with Crippen LogP contribution in [-0.2, 0) is 4.79 Å². The molecule has 0 aliphatic rings. The van der Waals surface area contributed by atoms with E-state index in [4.69, 9.17) is 20.1 Å². The van der Waals surface area contributed by atoms with Crippen molar-refractivity contribution < 1.29 is 24.9 Å². The molecule has 2 aromatic carbocycles. The van der Waals surface area contributed by atoms with Crippen LogP contribution in [0.15, 0.2) is 60.7 Å². The monoisotopic (exact) mass is 334 g/mol. The fourth-order valence-corrected chi connectivity index (χ4v) is 1.44. The van der Waals surface area contributed by atoms with E-state index in [2.05, 4.69) is 0 Å². The molecule has 3 N–H and O–H groups in total. The van der Waals surface area contributed by atoms with Gasteiger partial charge in [-0.3, -0.25) is 4.79 Å². The lowest BCUT2D eigenvalue weighted by Crippen LogP contribution is -1.91. The Labute approximate surface area is 143 Å². The fraction of sp³-hybridized carbons (Fsp3) is 0.316. The van der Waals surface area contributed by atoms with E-state index in [0.717, 1.165) is 24.3 Å². The Morgan fingerprint density at radius 2 is 1.29 bits per heavy atom. The highest BCUT2D eigenvalue weighted by Crippen LogP contribution is 2.19. The van der Waals surface area contributed by atoms with Crippen LogP contribution < -0.4 is 4.74 Å². The summed E-state index contributed by atoms with van der Waals surface area (Å²) in [5.74, 6) is 1.05. The van der Waals surface area contributed by atoms with Gasteiger partial charge >= 0.3 is 5.97 Å². The highest BCUT2D eigenvalue weighted by Gasteiger charge is 1.92. The van der Waals surface area contributed by atoms with Crippen molar-refractivity contribution in [3.05, 3.63) is 60.7 Å². The van der Waals surface area contributed by atoms with E-state index >= 15 is 0 Å². The van der Waals surface area contributed by atoms with Gasteiger partial charge < -0.3 is 20.1 Å². The number of ether oxygens (including phenoxy) is 1. The van der Waals surface area contributed by atoms with E-state index in [0.29, 0.717) is 6.42 Å². The Bertz CT molecular complexity index is 474. The Hall–Kier alpha value is -2.37. The number of unbranched alkanes of at least 4 members (excludes halogenated alkanes) is 1. The molecule has 0 bridgehead atoms. The largest absolute Gasteiger partial charge is 0.481 e. The molecule has 2 rings (SSSR count). The van der Waals surface area contributed by atoms with Gasteiger partial charge in [0.05, 0.1) is 13.2 Å². The topological polar surface area (TPSA) is 87.0 Å². The zero-order valence-electron chi connectivity index (χ0n) is 14.0. The van der Waals surface area contributed by atoms with Crippen LogP contribution in [-0.4, -0.2) is 34.5 Å². The first-order valence-corrected chi connectivity index (χ1v) is 7.85. The van der Waals surface area contributed by atoms with Crippen LogP contribution in [0.25, 0.3) is 0 Å². The number of carbonyl (C=O) groups is 1. The van der Waals surface area contributed by atoms with Gasteiger partial charge in [-0.05, 0) is 30.7 Å². The Morgan fingerprint density at radius 3 is 1.54 bits per heavy atom. The molecule has 132 valence electrons. The third-order valence-corrected chi connectivity index (χ3v) is 2.57. The van der Waals surface area contributed by atoms with Crippen molar-refractivity contribution in [2.24, 2.45) is 0 Å². The summed E-state index contributed by atoms with van der Waals surface area (Å²) < 4.78 is 5.58. The smallest absolute Gasteiger partial charge is 0.303 e. The lowest BCUT2D eigenvalue weighted by molar-refractivity contribution is -0.137. The molecule has 0 fully saturated rings. The number of benzene rings is 2. The SMILES string of the molecule is CCCCC(=O)O.OCCO.c1ccc(Oc2ccccc2)cc1. The van der Waals surface area contributed by atoms with Crippen LogP contribution >= 0.6 is 0 Å². The zero-order chi connectivity index (χ0) is 18.0. The van der Waals surface area contributed by atoms with Crippen LogP contribution in [0.2, 0.25) is 0 Å². The number of hydrogen-bond donors (Lipinski definition) is 3. The van der Waals surface area contributed by atoms with Crippen molar-refractivity contribution in [3.63, 3.8) is 0 Å². The molecule has 0 aliphatic carbocycles. The van der Waals surface area contributed by atoms with Crippen LogP contribution in [0, 0.1) is 0 Å². The first-order chi connectivity index (χ1) is 11.6. The molecule has 0 amide bonds. The number of aliphatic carboxylic acids is 1. The summed E-state index contributed by atoms with van der Waals surface area (Å²) in [5.41, 5.74) is 0. The van der Waals surface area contributed by atoms with Crippen molar-refractivity contribution in [2.45, 2.75) is 26.2 Å². The number of para-hydroxylation sites is 2. The molecule has 0 spiro atoms. The summed E-state index contributed by atoms with van der Waals surface area (Å²) in [5, 5.41) is 23.3. The number of aliphatic hydroxyl groups excluding tert-OH is 2. The first kappa shape index (κ1) is 21.6. The van der Waals surface area contributed by atoms with Gasteiger partial charge in [-0.25, -0.2) is 0 Å². The third kappa shape index (κ3) is 13.3. The molecule has 5 nitrogen and oxygen atoms in total. The molecule has 2 aromatic rings. The van der Waals surface area contributed by atoms with Crippen LogP contribution in [0.3, 0.4) is 0 Å². The molecule has 0 unspecified atom stereocenters. The maximum Gasteiger partial charge on any atom is 0.303 e. The minimum Gasteiger partial charge on any atom is -0.481 e. The first-order valence-electron chi connectivity index (χ1n) is 7.85. The molecular weight excluding hydrogens is 308 g/mol. The maximum atomic E-state index is 9.76. The van der Waals surface area contributed by atoms with E-state index in [1.807, 2.05) is 67.6 Å². The summed E-state index contributed by atoms with van der Waals surface area (Å²) in [6.45, 7) is 1.73. The molecular formula is C19H26O5. The minimum absolute atomic E-state index is 0.125. The second kappa shape index (κ2) is 15.5. The molecule has 0 aliphatic heterocycles. The normalized spacial score (nSPS) is 8.96. The van der Waals surface area contributed by atoms with Gasteiger partial charge in [0.25, 0.3) is 0 Å². The van der Waals surface area contributed by atoms with Gasteiger partial charge in [-0.15, -0.1) is 0 Å². The molecule has 0 atom stereocenters. The molecule has 0 heterocycles. The van der Waals surface area contributed by atoms with Crippen molar-refractivity contribution in [1.29, 1.82) is 0 Å². The molecule has 0 saturated heterocycles. The molecule has 5 heteroatoms. The van der Waals surface area contributed by atoms with Crippen molar-refractivity contribution in [3.8, 4) is 11.5 Å². The van der Waals surface area contributed by atoms with Gasteiger partial charge in [0.2, 0.25) is 0 Å². The summed E-state index contributed by atoms with van der Waals surface area (Å²) in [6.07, 6.45) is 2.08. The van der Waals surface area contributed by atoms with E-state index in [1.165, 1.54) is 0 Å². The van der Waals surface area contributed by atoms with E-state index in [9.17, 15) is 4.79 Å². The number of carboxylic acid groups (broad SMARTS) is 1. The van der Waals surface area contributed by atoms with Gasteiger partial charge in [0.15, 0.2) is 0 Å². The van der Waals surface area contributed by atoms with Gasteiger partial charge in [0.1, 0.15) is 11.5 Å². The number of hydrogen-bond acceptors (Lipinski definition) is 4. The zero-order valence-corrected chi connectivity index (χ0v) is 14.0. The average Bonchev–Trinajstić information content (AvgIpc) is 2.62. The summed E-state index contributed by atoms with van der Waals surface area (Å²) in [4.78, 5) is 9.76. The Balaban J connectivity index is 0.000000408. The Morgan fingerprint density at radius 1 is 0.875 bits per heavy atom. The van der Waals surface area contributed by atoms with E-state index in [-0.39, 0.29) is 13.2 Å². The lowest BCUT2D eigenvalue weighted by Gasteiger charge is -2.03. The van der Waals surface area contributed by atoms with Crippen molar-refractivity contribution in [2.75, 3.05) is 13.2 Å². The van der Waals surface area contributed by atoms with Crippen LogP contribution in [0.5, 0.6) is 11.5 Å². The molecule has 24 heavy (non-hydrogen) atoms. The van der Waals surface area contributed by atoms with Crippen molar-refractivity contribution in [1.82, 2.24) is 0 Å². The highest BCUT2D eigenvalue weighted by atomic mass is 16.5. The summed E-state index contributed by atoms with van der Waals surface area (Å²) in [7, 11) is 0. The van der Waals surface area contributed by atoms with Gasteiger partial charge in [0, 0.05) is 6.42 Å². The van der Waals surface area contributed by atoms with Crippen LogP contribution in [0.4, 0.5) is 0 Å². The second-order valence-electron chi connectivity index (χ2n) is 4.67. The predicted molar refractivity (Wildman–Crippen MR) is 94.3 cm³/mol. The number of aliphatic hydroxyl groups is 2. The van der Waals surface area contributed by atoms with Crippen molar-refractivity contribution >= 4 is 5.97 Å². The molecule has 0 aromatic heterocycles. The van der Waals surface area contributed by atoms with E-state index < -0.39 is 5.97 Å². The molecule has 0 saturated carbocycles. The minimum atomic E-state index is -0.693. The predicted octanol–water partition coefficient (Wildman–Crippen LogP) is 3.71. The van der Waals surface area contributed by atoms with Gasteiger partial charge in [-0.1, -0.05) is 49.7 Å². The standard InChI is InChI=1S/C12H10O.C5H10O2.C2H6O2/c1-3-7-11(8-4-1)13-12-9-5-2-6-10-12;1-2-3-4-5(6)7;3-1-2-4/h1-10H;2-4H2,1H3,(H,6,7);3-4H,1-2H2. The summed E-state index contributed by atoms with van der Waals surface area (Å²) >= 11 is 0. The summed E-state index contributed by atoms with van der Waals surface area (Å²) in [6, 6.07) is 19.5. The highest BCUT2D eigenvalue weighted by molar-refractivity contribution is 5.66. The van der Waals surface area contributed by atoms with Crippen LogP contribution in [0.1, 0.15) is 26.2 Å². The quantitative estimate of drug-likeness (QED) is 0.749. The lowest BCUT2D eigenvalue weighted by atomic mass is 10.3. The average molecular weight is 334 g/mol. The molecule has 0 radical (unpaired) electrons.